The van der Waals surface area contributed by atoms with Gasteiger partial charge in [-0.2, -0.15) is 0 Å². The molecule has 2 unspecified atom stereocenters. The van der Waals surface area contributed by atoms with Crippen molar-refractivity contribution in [2.75, 3.05) is 0 Å². The Kier molecular flexibility index (Phi) is 11.7. The van der Waals surface area contributed by atoms with Crippen molar-refractivity contribution in [2.24, 2.45) is 0 Å². The fourth-order valence-electron chi connectivity index (χ4n) is 6.71. The van der Waals surface area contributed by atoms with Crippen molar-refractivity contribution in [3.05, 3.63) is 246 Å². The van der Waals surface area contributed by atoms with E-state index in [0.717, 1.165) is 0 Å². The van der Waals surface area contributed by atoms with E-state index in [1.54, 1.807) is 0 Å². The van der Waals surface area contributed by atoms with E-state index < -0.39 is 7.92 Å². The van der Waals surface area contributed by atoms with Gasteiger partial charge in [-0.15, -0.1) is 0 Å². The van der Waals surface area contributed by atoms with E-state index in [1.165, 1.54) is 72.6 Å². The van der Waals surface area contributed by atoms with E-state index in [2.05, 4.69) is 224 Å². The summed E-state index contributed by atoms with van der Waals surface area (Å²) >= 11 is 1.48. The Morgan fingerprint density at radius 2 is 0.922 bits per heavy atom. The molecular weight excluding hydrogens is 803 g/mol. The molecule has 0 aromatic heterocycles. The van der Waals surface area contributed by atoms with Crippen molar-refractivity contribution in [1.82, 2.24) is 0 Å². The summed E-state index contributed by atoms with van der Waals surface area (Å²) in [7, 11) is -0.827. The van der Waals surface area contributed by atoms with Gasteiger partial charge in [-0.25, -0.2) is 0 Å². The van der Waals surface area contributed by atoms with Crippen LogP contribution < -0.4 is 15.9 Å². The SMILES string of the molecule is [W]=[C](c1ccccc1)C(c1ccccc1)C(/C=C/C(=C/c1ccccc1)c1ccccc1)c1ccccc1P(c1ccccc1)c1ccccc1. The third-order valence-corrected chi connectivity index (χ3v) is 13.4. The van der Waals surface area contributed by atoms with Gasteiger partial charge in [0.1, 0.15) is 0 Å². The minimum atomic E-state index is -0.827. The normalized spacial score (nSPS) is 12.8. The third kappa shape index (κ3) is 8.49. The predicted molar refractivity (Wildman–Crippen MR) is 218 cm³/mol. The molecule has 51 heavy (non-hydrogen) atoms. The van der Waals surface area contributed by atoms with E-state index in [0.29, 0.717) is 0 Å². The molecule has 0 heterocycles. The molecule has 2 heteroatoms. The Bertz CT molecular complexity index is 2160. The third-order valence-electron chi connectivity index (χ3n) is 9.14. The Labute approximate surface area is 315 Å². The van der Waals surface area contributed by atoms with Gasteiger partial charge < -0.3 is 0 Å². The van der Waals surface area contributed by atoms with E-state index >= 15 is 0 Å². The van der Waals surface area contributed by atoms with Crippen LogP contribution in [0.4, 0.5) is 0 Å². The zero-order chi connectivity index (χ0) is 34.7. The zero-order valence-electron chi connectivity index (χ0n) is 28.4. The second kappa shape index (κ2) is 17.3. The molecule has 7 rings (SSSR count). The van der Waals surface area contributed by atoms with Crippen LogP contribution in [0.15, 0.2) is 218 Å². The molecule has 0 radical (unpaired) electrons. The molecule has 7 aromatic rings. The van der Waals surface area contributed by atoms with Crippen LogP contribution in [0.1, 0.15) is 39.7 Å². The minimum absolute atomic E-state index is 0.0524. The van der Waals surface area contributed by atoms with Crippen LogP contribution in [-0.2, 0) is 19.4 Å². The maximum absolute atomic E-state index is 2.49. The molecule has 7 aromatic carbocycles. The van der Waals surface area contributed by atoms with Crippen LogP contribution in [0.2, 0.25) is 0 Å². The fraction of sp³-hybridized carbons (Fsp3) is 0.0408. The molecule has 246 valence electrons. The summed E-state index contributed by atoms with van der Waals surface area (Å²) in [5.74, 6) is 0.176. The number of rotatable bonds is 12. The van der Waals surface area contributed by atoms with Gasteiger partial charge in [-0.3, -0.25) is 0 Å². The summed E-state index contributed by atoms with van der Waals surface area (Å²) in [4.78, 5) is 0. The Morgan fingerprint density at radius 3 is 1.49 bits per heavy atom. The molecule has 0 aliphatic carbocycles. The van der Waals surface area contributed by atoms with Gasteiger partial charge in [0.25, 0.3) is 0 Å². The van der Waals surface area contributed by atoms with Crippen molar-refractivity contribution >= 4 is 39.4 Å². The van der Waals surface area contributed by atoms with Crippen molar-refractivity contribution < 1.29 is 19.4 Å². The molecule has 0 aliphatic rings. The fourth-order valence-corrected chi connectivity index (χ4v) is 10.7. The van der Waals surface area contributed by atoms with Crippen LogP contribution in [-0.4, -0.2) is 3.90 Å². The van der Waals surface area contributed by atoms with Crippen molar-refractivity contribution in [3.8, 4) is 0 Å². The number of hydrogen-bond donors (Lipinski definition) is 0. The van der Waals surface area contributed by atoms with E-state index in [9.17, 15) is 0 Å². The van der Waals surface area contributed by atoms with E-state index in [1.807, 2.05) is 0 Å². The second-order valence-corrected chi connectivity index (χ2v) is 16.2. The van der Waals surface area contributed by atoms with Crippen molar-refractivity contribution in [3.63, 3.8) is 0 Å². The first kappa shape index (κ1) is 34.5. The first-order chi connectivity index (χ1) is 25.3. The predicted octanol–water partition coefficient (Wildman–Crippen LogP) is 10.9. The molecule has 2 atom stereocenters. The van der Waals surface area contributed by atoms with Crippen LogP contribution in [0.3, 0.4) is 0 Å². The molecule has 0 saturated carbocycles. The molecule has 0 fully saturated rings. The summed E-state index contributed by atoms with van der Waals surface area (Å²) in [6.45, 7) is 0. The molecule has 0 nitrogen and oxygen atoms in total. The molecule has 0 spiro atoms. The quantitative estimate of drug-likeness (QED) is 0.0653. The van der Waals surface area contributed by atoms with Gasteiger partial charge in [0, 0.05) is 0 Å². The summed E-state index contributed by atoms with van der Waals surface area (Å²) < 4.78 is 1.43. The van der Waals surface area contributed by atoms with Gasteiger partial charge in [0.05, 0.1) is 0 Å². The van der Waals surface area contributed by atoms with Gasteiger partial charge in [0.15, 0.2) is 0 Å². The number of allylic oxidation sites excluding steroid dienone is 3. The monoisotopic (exact) mass is 842 g/mol. The van der Waals surface area contributed by atoms with Gasteiger partial charge in [-0.05, 0) is 0 Å². The van der Waals surface area contributed by atoms with Crippen LogP contribution in [0.25, 0.3) is 11.6 Å². The number of hydrogen-bond acceptors (Lipinski definition) is 0. The van der Waals surface area contributed by atoms with Gasteiger partial charge >= 0.3 is 317 Å². The van der Waals surface area contributed by atoms with Gasteiger partial charge in [-0.1, -0.05) is 0 Å². The average Bonchev–Trinajstić information content (AvgIpc) is 3.21. The van der Waals surface area contributed by atoms with Crippen LogP contribution in [0, 0.1) is 0 Å². The van der Waals surface area contributed by atoms with E-state index in [4.69, 9.17) is 0 Å². The Balaban J connectivity index is 1.47. The first-order valence-corrected chi connectivity index (χ1v) is 20.2. The van der Waals surface area contributed by atoms with Gasteiger partial charge in [0.2, 0.25) is 0 Å². The Morgan fingerprint density at radius 1 is 0.471 bits per heavy atom. The summed E-state index contributed by atoms with van der Waals surface area (Å²) in [6, 6.07) is 75.0. The second-order valence-electron chi connectivity index (χ2n) is 12.4. The molecule has 0 amide bonds. The zero-order valence-corrected chi connectivity index (χ0v) is 32.2. The standard InChI is InChI=1S/C49H39P.W/c1-7-21-39(22-8-1)37-43(41-25-11-3-12-26-41)35-36-46(48(42-27-13-4-14-28-42)38-40-23-9-2-10-24-40)47-33-19-20-34-49(47)50(44-29-15-5-16-30-44)45-31-17-6-18-32-45;/h1-37,46,48H;/b36-35+,43-37-;. The summed E-state index contributed by atoms with van der Waals surface area (Å²) in [6.07, 6.45) is 7.18. The first-order valence-electron chi connectivity index (χ1n) is 17.4. The molecular formula is C49H39PW. The van der Waals surface area contributed by atoms with Crippen LogP contribution in [0.5, 0.6) is 0 Å². The molecule has 0 aliphatic heterocycles. The van der Waals surface area contributed by atoms with Crippen molar-refractivity contribution in [2.45, 2.75) is 11.8 Å². The summed E-state index contributed by atoms with van der Waals surface area (Å²) in [5, 5.41) is 4.10. The van der Waals surface area contributed by atoms with Crippen LogP contribution >= 0.6 is 7.92 Å². The maximum atomic E-state index is 2.49. The topological polar surface area (TPSA) is 0 Å². The molecule has 0 saturated heterocycles. The van der Waals surface area contributed by atoms with Crippen molar-refractivity contribution in [1.29, 1.82) is 0 Å². The summed E-state index contributed by atoms with van der Waals surface area (Å²) in [5.41, 5.74) is 7.57. The average molecular weight is 843 g/mol. The number of benzene rings is 7. The molecule has 0 N–H and O–H groups in total. The molecule has 0 bridgehead atoms. The van der Waals surface area contributed by atoms with E-state index in [-0.39, 0.29) is 11.8 Å². The Hall–Kier alpha value is -4.99.